The van der Waals surface area contributed by atoms with E-state index in [1.54, 1.807) is 0 Å². The molecule has 12 rings (SSSR count). The van der Waals surface area contributed by atoms with Crippen molar-refractivity contribution >= 4 is 43.6 Å². The molecule has 5 aromatic carbocycles. The molecular weight excluding hydrogens is 639 g/mol. The third-order valence-corrected chi connectivity index (χ3v) is 11.2. The van der Waals surface area contributed by atoms with E-state index in [1.807, 2.05) is 36.9 Å². The summed E-state index contributed by atoms with van der Waals surface area (Å²) < 4.78 is 11.6. The van der Waals surface area contributed by atoms with Crippen molar-refractivity contribution in [3.8, 4) is 34.3 Å². The van der Waals surface area contributed by atoms with E-state index in [-0.39, 0.29) is 0 Å². The number of aromatic nitrogens is 5. The maximum Gasteiger partial charge on any atom is 0.134 e. The minimum Gasteiger partial charge on any atom is -0.457 e. The summed E-state index contributed by atoms with van der Waals surface area (Å²) >= 11 is 0. The quantitative estimate of drug-likeness (QED) is 0.184. The lowest BCUT2D eigenvalue weighted by Gasteiger charge is -2.40. The number of hydrogen-bond donors (Lipinski definition) is 0. The molecule has 5 aromatic heterocycles. The molecule has 52 heavy (non-hydrogen) atoms. The molecule has 1 aliphatic heterocycles. The summed E-state index contributed by atoms with van der Waals surface area (Å²) in [7, 11) is 0. The molecule has 0 saturated heterocycles. The number of para-hydroxylation sites is 4. The molecule has 10 aromatic rings. The van der Waals surface area contributed by atoms with E-state index < -0.39 is 5.41 Å². The van der Waals surface area contributed by atoms with Gasteiger partial charge in [-0.3, -0.25) is 15.0 Å². The monoisotopic (exact) mass is 665 g/mol. The summed E-state index contributed by atoms with van der Waals surface area (Å²) in [6, 6.07) is 49.4. The van der Waals surface area contributed by atoms with Crippen LogP contribution in [-0.2, 0) is 5.41 Å². The molecule has 0 bridgehead atoms. The first-order valence-corrected chi connectivity index (χ1v) is 17.5. The van der Waals surface area contributed by atoms with Gasteiger partial charge in [-0.25, -0.2) is 0 Å². The van der Waals surface area contributed by atoms with Crippen LogP contribution in [-0.4, -0.2) is 24.1 Å². The van der Waals surface area contributed by atoms with Crippen LogP contribution in [0.15, 0.2) is 164 Å². The highest BCUT2D eigenvalue weighted by molar-refractivity contribution is 6.10. The van der Waals surface area contributed by atoms with Gasteiger partial charge in [-0.1, -0.05) is 84.9 Å². The van der Waals surface area contributed by atoms with Gasteiger partial charge in [-0.05, 0) is 60.2 Å². The van der Waals surface area contributed by atoms with E-state index in [9.17, 15) is 0 Å². The molecule has 6 heteroatoms. The molecule has 0 radical (unpaired) electrons. The van der Waals surface area contributed by atoms with Gasteiger partial charge in [0.2, 0.25) is 0 Å². The average molecular weight is 666 g/mol. The van der Waals surface area contributed by atoms with Crippen molar-refractivity contribution in [3.63, 3.8) is 0 Å². The van der Waals surface area contributed by atoms with Gasteiger partial charge in [0.15, 0.2) is 0 Å². The summed E-state index contributed by atoms with van der Waals surface area (Å²) in [4.78, 5) is 15.0. The Morgan fingerprint density at radius 1 is 0.462 bits per heavy atom. The maximum absolute atomic E-state index is 6.90. The Hall–Kier alpha value is -7.05. The van der Waals surface area contributed by atoms with Crippen molar-refractivity contribution < 1.29 is 4.74 Å². The van der Waals surface area contributed by atoms with E-state index in [4.69, 9.17) is 14.7 Å². The summed E-state index contributed by atoms with van der Waals surface area (Å²) in [6.07, 6.45) is 7.73. The highest BCUT2D eigenvalue weighted by atomic mass is 16.5. The zero-order chi connectivity index (χ0) is 34.0. The van der Waals surface area contributed by atoms with Crippen molar-refractivity contribution in [2.24, 2.45) is 0 Å². The Bertz CT molecular complexity index is 3030. The minimum atomic E-state index is -0.804. The van der Waals surface area contributed by atoms with Crippen LogP contribution in [0.1, 0.15) is 22.3 Å². The van der Waals surface area contributed by atoms with E-state index in [1.165, 1.54) is 16.2 Å². The van der Waals surface area contributed by atoms with Crippen LogP contribution in [0, 0.1) is 0 Å². The van der Waals surface area contributed by atoms with Crippen LogP contribution in [0.2, 0.25) is 0 Å². The second kappa shape index (κ2) is 10.0. The van der Waals surface area contributed by atoms with Crippen molar-refractivity contribution in [2.75, 3.05) is 0 Å². The van der Waals surface area contributed by atoms with Gasteiger partial charge in [0.25, 0.3) is 0 Å². The van der Waals surface area contributed by atoms with Gasteiger partial charge in [0.05, 0.1) is 62.6 Å². The lowest BCUT2D eigenvalue weighted by molar-refractivity contribution is 0.435. The van der Waals surface area contributed by atoms with Crippen molar-refractivity contribution in [3.05, 3.63) is 187 Å². The van der Waals surface area contributed by atoms with Crippen LogP contribution < -0.4 is 4.74 Å². The molecule has 0 N–H and O–H groups in total. The third kappa shape index (κ3) is 3.36. The normalized spacial score (nSPS) is 15.5. The van der Waals surface area contributed by atoms with Gasteiger partial charge < -0.3 is 13.9 Å². The SMILES string of the molecule is c1ccc2c(c1)Oc1cccc(-n3c4ccccc4c4ccncc43)c1C21c2cccnc2-c2ncc(-n3c4ccccc4c4ccccc43)cc21. The molecule has 0 fully saturated rings. The van der Waals surface area contributed by atoms with Gasteiger partial charge in [0, 0.05) is 50.6 Å². The lowest BCUT2D eigenvalue weighted by atomic mass is 9.65. The van der Waals surface area contributed by atoms with Gasteiger partial charge in [-0.2, -0.15) is 0 Å². The Balaban J connectivity index is 1.25. The average Bonchev–Trinajstić information content (AvgIpc) is 3.82. The van der Waals surface area contributed by atoms with Crippen molar-refractivity contribution in [2.45, 2.75) is 5.41 Å². The minimum absolute atomic E-state index is 0.802. The first kappa shape index (κ1) is 27.7. The zero-order valence-corrected chi connectivity index (χ0v) is 27.7. The second-order valence-corrected chi connectivity index (χ2v) is 13.6. The Labute approximate surface area is 297 Å². The molecule has 6 nitrogen and oxygen atoms in total. The fraction of sp³-hybridized carbons (Fsp3) is 0.0217. The standard InChI is InChI=1S/C46H27N5O/c1-5-16-36-29(11-1)30-12-2-6-17-37(30)50(36)28-25-35-45(49-26-28)44-34(15-10-23-48-44)46(35)33-14-4-8-20-41(33)52-42-21-9-19-39(43(42)46)51-38-18-7-3-13-31(38)32-22-24-47-27-40(32)51/h1-27H. The van der Waals surface area contributed by atoms with Crippen LogP contribution in [0.3, 0.4) is 0 Å². The summed E-state index contributed by atoms with van der Waals surface area (Å²) in [6.45, 7) is 0. The number of hydrogen-bond acceptors (Lipinski definition) is 4. The highest BCUT2D eigenvalue weighted by Gasteiger charge is 2.54. The number of rotatable bonds is 2. The topological polar surface area (TPSA) is 57.8 Å². The van der Waals surface area contributed by atoms with E-state index in [0.29, 0.717) is 0 Å². The first-order chi connectivity index (χ1) is 25.8. The van der Waals surface area contributed by atoms with Crippen LogP contribution in [0.5, 0.6) is 11.5 Å². The molecular formula is C46H27N5O. The van der Waals surface area contributed by atoms with E-state index in [2.05, 4.69) is 142 Å². The summed E-state index contributed by atoms with van der Waals surface area (Å²) in [5, 5.41) is 4.75. The predicted octanol–water partition coefficient (Wildman–Crippen LogP) is 10.5. The smallest absolute Gasteiger partial charge is 0.134 e. The fourth-order valence-corrected chi connectivity index (χ4v) is 9.22. The molecule has 1 unspecified atom stereocenters. The molecule has 0 saturated carbocycles. The number of benzene rings is 5. The molecule has 1 atom stereocenters. The Morgan fingerprint density at radius 2 is 1.10 bits per heavy atom. The Kier molecular flexibility index (Phi) is 5.34. The number of fused-ring (bicyclic) bond motifs is 15. The molecule has 242 valence electrons. The van der Waals surface area contributed by atoms with E-state index >= 15 is 0 Å². The third-order valence-electron chi connectivity index (χ3n) is 11.2. The van der Waals surface area contributed by atoms with Crippen LogP contribution >= 0.6 is 0 Å². The fourth-order valence-electron chi connectivity index (χ4n) is 9.22. The number of ether oxygens (including phenoxy) is 1. The predicted molar refractivity (Wildman–Crippen MR) is 206 cm³/mol. The number of nitrogens with zero attached hydrogens (tertiary/aromatic N) is 5. The summed E-state index contributed by atoms with van der Waals surface area (Å²) in [5.41, 5.74) is 11.7. The number of pyridine rings is 3. The summed E-state index contributed by atoms with van der Waals surface area (Å²) in [5.74, 6) is 1.62. The molecule has 0 amide bonds. The second-order valence-electron chi connectivity index (χ2n) is 13.6. The van der Waals surface area contributed by atoms with Gasteiger partial charge in [0.1, 0.15) is 11.5 Å². The lowest BCUT2D eigenvalue weighted by Crippen LogP contribution is -2.33. The van der Waals surface area contributed by atoms with Gasteiger partial charge >= 0.3 is 0 Å². The molecule has 6 heterocycles. The maximum atomic E-state index is 6.90. The van der Waals surface area contributed by atoms with Crippen molar-refractivity contribution in [1.29, 1.82) is 0 Å². The highest BCUT2D eigenvalue weighted by Crippen LogP contribution is 2.63. The molecule has 1 aliphatic carbocycles. The largest absolute Gasteiger partial charge is 0.457 e. The molecule has 1 spiro atoms. The molecule has 2 aliphatic rings. The van der Waals surface area contributed by atoms with Crippen LogP contribution in [0.4, 0.5) is 0 Å². The Morgan fingerprint density at radius 3 is 1.88 bits per heavy atom. The van der Waals surface area contributed by atoms with E-state index in [0.717, 1.165) is 84.0 Å². The van der Waals surface area contributed by atoms with Crippen LogP contribution in [0.25, 0.3) is 66.4 Å². The zero-order valence-electron chi connectivity index (χ0n) is 27.7. The van der Waals surface area contributed by atoms with Gasteiger partial charge in [-0.15, -0.1) is 0 Å². The first-order valence-electron chi connectivity index (χ1n) is 17.5. The van der Waals surface area contributed by atoms with Crippen molar-refractivity contribution in [1.82, 2.24) is 24.1 Å².